The van der Waals surface area contributed by atoms with E-state index in [1.165, 1.54) is 4.88 Å². The molecule has 4 nitrogen and oxygen atoms in total. The molecule has 0 bridgehead atoms. The quantitative estimate of drug-likeness (QED) is 0.861. The zero-order chi connectivity index (χ0) is 11.5. The highest BCUT2D eigenvalue weighted by molar-refractivity contribution is 7.09. The van der Waals surface area contributed by atoms with E-state index >= 15 is 0 Å². The maximum Gasteiger partial charge on any atom is 0.239 e. The van der Waals surface area contributed by atoms with E-state index in [1.807, 2.05) is 19.5 Å². The van der Waals surface area contributed by atoms with Crippen molar-refractivity contribution < 1.29 is 4.79 Å². The van der Waals surface area contributed by atoms with E-state index in [0.29, 0.717) is 6.54 Å². The zero-order valence-electron chi connectivity index (χ0n) is 9.69. The third kappa shape index (κ3) is 2.41. The summed E-state index contributed by atoms with van der Waals surface area (Å²) in [6, 6.07) is 0.0261. The fourth-order valence-electron chi connectivity index (χ4n) is 1.93. The fourth-order valence-corrected chi connectivity index (χ4v) is 2.76. The van der Waals surface area contributed by atoms with Gasteiger partial charge in [-0.25, -0.2) is 4.98 Å². The van der Waals surface area contributed by atoms with Gasteiger partial charge in [-0.1, -0.05) is 0 Å². The Morgan fingerprint density at radius 1 is 1.75 bits per heavy atom. The van der Waals surface area contributed by atoms with Crippen LogP contribution in [0.5, 0.6) is 0 Å². The third-order valence-corrected chi connectivity index (χ3v) is 3.88. The van der Waals surface area contributed by atoms with Gasteiger partial charge in [0.25, 0.3) is 0 Å². The Labute approximate surface area is 99.7 Å². The molecule has 1 aromatic heterocycles. The first-order chi connectivity index (χ1) is 7.68. The summed E-state index contributed by atoms with van der Waals surface area (Å²) in [4.78, 5) is 19.2. The highest BCUT2D eigenvalue weighted by Crippen LogP contribution is 2.16. The lowest BCUT2D eigenvalue weighted by Gasteiger charge is -2.20. The van der Waals surface area contributed by atoms with E-state index < -0.39 is 0 Å². The number of carbonyl (C=O) groups is 1. The Morgan fingerprint density at radius 3 is 3.12 bits per heavy atom. The molecule has 16 heavy (non-hydrogen) atoms. The summed E-state index contributed by atoms with van der Waals surface area (Å²) in [6.45, 7) is 3.62. The fraction of sp³-hybridized carbons (Fsp3) is 0.636. The minimum atomic E-state index is 0.0261. The topological polar surface area (TPSA) is 45.2 Å². The van der Waals surface area contributed by atoms with Crippen LogP contribution in [-0.4, -0.2) is 35.4 Å². The SMILES string of the molecule is Cc1ncsc1CN(C)C(=O)C1CCCN1. The molecule has 1 fully saturated rings. The largest absolute Gasteiger partial charge is 0.339 e. The van der Waals surface area contributed by atoms with E-state index in [9.17, 15) is 4.79 Å². The molecule has 0 saturated carbocycles. The van der Waals surface area contributed by atoms with Gasteiger partial charge in [0, 0.05) is 11.9 Å². The summed E-state index contributed by atoms with van der Waals surface area (Å²) in [7, 11) is 1.86. The Morgan fingerprint density at radius 2 is 2.56 bits per heavy atom. The van der Waals surface area contributed by atoms with Crippen LogP contribution in [0.15, 0.2) is 5.51 Å². The summed E-state index contributed by atoms with van der Waals surface area (Å²) in [5.41, 5.74) is 2.86. The van der Waals surface area contributed by atoms with Crippen LogP contribution in [0.2, 0.25) is 0 Å². The minimum absolute atomic E-state index is 0.0261. The second-order valence-electron chi connectivity index (χ2n) is 4.20. The van der Waals surface area contributed by atoms with Crippen LogP contribution < -0.4 is 5.32 Å². The molecule has 1 aliphatic rings. The van der Waals surface area contributed by atoms with Crippen LogP contribution in [0.25, 0.3) is 0 Å². The molecule has 0 aromatic carbocycles. The van der Waals surface area contributed by atoms with Crippen molar-refractivity contribution in [2.45, 2.75) is 32.4 Å². The number of likely N-dealkylation sites (N-methyl/N-ethyl adjacent to an activating group) is 1. The number of amides is 1. The molecule has 2 rings (SSSR count). The number of nitrogens with one attached hydrogen (secondary N) is 1. The molecule has 5 heteroatoms. The van der Waals surface area contributed by atoms with E-state index in [-0.39, 0.29) is 11.9 Å². The normalized spacial score (nSPS) is 20.0. The van der Waals surface area contributed by atoms with Crippen LogP contribution in [0.4, 0.5) is 0 Å². The van der Waals surface area contributed by atoms with E-state index in [2.05, 4.69) is 10.3 Å². The smallest absolute Gasteiger partial charge is 0.239 e. The maximum atomic E-state index is 12.0. The van der Waals surface area contributed by atoms with Crippen LogP contribution in [0.1, 0.15) is 23.4 Å². The van der Waals surface area contributed by atoms with Gasteiger partial charge < -0.3 is 10.2 Å². The first-order valence-electron chi connectivity index (χ1n) is 5.56. The number of hydrogen-bond acceptors (Lipinski definition) is 4. The molecule has 1 aromatic rings. The number of hydrogen-bond donors (Lipinski definition) is 1. The number of aryl methyl sites for hydroxylation is 1. The molecular formula is C11H17N3OS. The predicted molar refractivity (Wildman–Crippen MR) is 64.3 cm³/mol. The molecular weight excluding hydrogens is 222 g/mol. The number of nitrogens with zero attached hydrogens (tertiary/aromatic N) is 2. The molecule has 0 radical (unpaired) electrons. The zero-order valence-corrected chi connectivity index (χ0v) is 10.5. The number of carbonyl (C=O) groups excluding carboxylic acids is 1. The molecule has 0 spiro atoms. The van der Waals surface area contributed by atoms with Gasteiger partial charge in [-0.15, -0.1) is 11.3 Å². The Balaban J connectivity index is 1.94. The second kappa shape index (κ2) is 4.93. The van der Waals surface area contributed by atoms with Crippen molar-refractivity contribution in [2.24, 2.45) is 0 Å². The average molecular weight is 239 g/mol. The predicted octanol–water partition coefficient (Wildman–Crippen LogP) is 1.16. The van der Waals surface area contributed by atoms with Gasteiger partial charge in [0.1, 0.15) is 0 Å². The van der Waals surface area contributed by atoms with Crippen molar-refractivity contribution in [3.05, 3.63) is 16.1 Å². The van der Waals surface area contributed by atoms with E-state index in [1.54, 1.807) is 16.2 Å². The molecule has 2 heterocycles. The standard InChI is InChI=1S/C11H17N3OS/c1-8-10(16-7-13-8)6-14(2)11(15)9-4-3-5-12-9/h7,9,12H,3-6H2,1-2H3. The highest BCUT2D eigenvalue weighted by Gasteiger charge is 2.25. The van der Waals surface area contributed by atoms with Crippen molar-refractivity contribution in [1.82, 2.24) is 15.2 Å². The minimum Gasteiger partial charge on any atom is -0.339 e. The molecule has 1 aliphatic heterocycles. The number of thiazole rings is 1. The average Bonchev–Trinajstić information content (AvgIpc) is 2.89. The molecule has 1 atom stereocenters. The van der Waals surface area contributed by atoms with Crippen molar-refractivity contribution in [3.8, 4) is 0 Å². The second-order valence-corrected chi connectivity index (χ2v) is 5.14. The Kier molecular flexibility index (Phi) is 3.56. The number of aromatic nitrogens is 1. The molecule has 1 saturated heterocycles. The summed E-state index contributed by atoms with van der Waals surface area (Å²) in [6.07, 6.45) is 2.06. The van der Waals surface area contributed by atoms with E-state index in [0.717, 1.165) is 25.1 Å². The summed E-state index contributed by atoms with van der Waals surface area (Å²) in [5.74, 6) is 0.199. The molecule has 88 valence electrons. The Bertz CT molecular complexity index is 371. The third-order valence-electron chi connectivity index (χ3n) is 2.96. The first-order valence-corrected chi connectivity index (χ1v) is 6.44. The van der Waals surface area contributed by atoms with Gasteiger partial charge in [-0.05, 0) is 26.3 Å². The van der Waals surface area contributed by atoms with Crippen molar-refractivity contribution in [2.75, 3.05) is 13.6 Å². The lowest BCUT2D eigenvalue weighted by molar-refractivity contribution is -0.132. The first kappa shape index (κ1) is 11.5. The maximum absolute atomic E-state index is 12.0. The van der Waals surface area contributed by atoms with Gasteiger partial charge in [0.2, 0.25) is 5.91 Å². The number of rotatable bonds is 3. The van der Waals surface area contributed by atoms with Gasteiger partial charge in [-0.3, -0.25) is 4.79 Å². The Hall–Kier alpha value is -0.940. The summed E-state index contributed by atoms with van der Waals surface area (Å²) >= 11 is 1.61. The van der Waals surface area contributed by atoms with Gasteiger partial charge in [-0.2, -0.15) is 0 Å². The highest BCUT2D eigenvalue weighted by atomic mass is 32.1. The molecule has 0 aliphatic carbocycles. The van der Waals surface area contributed by atoms with Gasteiger partial charge in [0.15, 0.2) is 0 Å². The van der Waals surface area contributed by atoms with Gasteiger partial charge >= 0.3 is 0 Å². The van der Waals surface area contributed by atoms with Gasteiger partial charge in [0.05, 0.1) is 23.8 Å². The lowest BCUT2D eigenvalue weighted by Crippen LogP contribution is -2.41. The monoisotopic (exact) mass is 239 g/mol. The van der Waals surface area contributed by atoms with Crippen molar-refractivity contribution >= 4 is 17.2 Å². The molecule has 1 unspecified atom stereocenters. The van der Waals surface area contributed by atoms with Crippen molar-refractivity contribution in [1.29, 1.82) is 0 Å². The van der Waals surface area contributed by atoms with Crippen LogP contribution >= 0.6 is 11.3 Å². The van der Waals surface area contributed by atoms with Crippen LogP contribution in [-0.2, 0) is 11.3 Å². The van der Waals surface area contributed by atoms with Crippen LogP contribution in [0.3, 0.4) is 0 Å². The van der Waals surface area contributed by atoms with Crippen molar-refractivity contribution in [3.63, 3.8) is 0 Å². The summed E-state index contributed by atoms with van der Waals surface area (Å²) < 4.78 is 0. The lowest BCUT2D eigenvalue weighted by atomic mass is 10.2. The van der Waals surface area contributed by atoms with E-state index in [4.69, 9.17) is 0 Å². The van der Waals surface area contributed by atoms with Crippen LogP contribution in [0, 0.1) is 6.92 Å². The molecule has 1 N–H and O–H groups in total. The molecule has 1 amide bonds. The summed E-state index contributed by atoms with van der Waals surface area (Å²) in [5, 5.41) is 3.23.